The van der Waals surface area contributed by atoms with Crippen molar-refractivity contribution in [2.24, 2.45) is 0 Å². The molecule has 0 spiro atoms. The van der Waals surface area contributed by atoms with E-state index in [1.165, 1.54) is 6.07 Å². The minimum Gasteiger partial charge on any atom is -0.507 e. The number of ether oxygens (including phenoxy) is 1. The van der Waals surface area contributed by atoms with E-state index in [0.29, 0.717) is 21.9 Å². The van der Waals surface area contributed by atoms with Crippen molar-refractivity contribution in [2.75, 3.05) is 5.32 Å². The minimum absolute atomic E-state index is 0.0530. The van der Waals surface area contributed by atoms with E-state index in [9.17, 15) is 15.0 Å². The van der Waals surface area contributed by atoms with Crippen LogP contribution in [0, 0.1) is 0 Å². The molecule has 0 saturated heterocycles. The van der Waals surface area contributed by atoms with Crippen molar-refractivity contribution in [3.8, 4) is 22.6 Å². The second-order valence-electron chi connectivity index (χ2n) is 10.6. The van der Waals surface area contributed by atoms with E-state index < -0.39 is 11.6 Å². The van der Waals surface area contributed by atoms with Crippen LogP contribution in [0.15, 0.2) is 60.7 Å². The van der Waals surface area contributed by atoms with Crippen molar-refractivity contribution in [3.05, 3.63) is 66.2 Å². The van der Waals surface area contributed by atoms with E-state index >= 15 is 0 Å². The number of hydrogen-bond acceptors (Lipinski definition) is 5. The first kappa shape index (κ1) is 23.4. The van der Waals surface area contributed by atoms with Crippen molar-refractivity contribution in [2.45, 2.75) is 52.7 Å². The smallest absolute Gasteiger partial charge is 0.339 e. The van der Waals surface area contributed by atoms with Gasteiger partial charge in [-0.2, -0.15) is 0 Å². The number of hydrogen-bond donors (Lipinski definition) is 3. The van der Waals surface area contributed by atoms with Crippen molar-refractivity contribution in [3.63, 3.8) is 0 Å². The van der Waals surface area contributed by atoms with Gasteiger partial charge >= 0.3 is 5.97 Å². The first-order valence-corrected chi connectivity index (χ1v) is 11.4. The number of benzene rings is 4. The molecular weight excluding hydrogens is 426 g/mol. The number of nitrogens with one attached hydrogen (secondary N) is 1. The van der Waals surface area contributed by atoms with Crippen LogP contribution in [0.2, 0.25) is 0 Å². The summed E-state index contributed by atoms with van der Waals surface area (Å²) < 4.78 is 5.65. The Morgan fingerprint density at radius 2 is 1.44 bits per heavy atom. The lowest BCUT2D eigenvalue weighted by Gasteiger charge is -2.24. The monoisotopic (exact) mass is 457 g/mol. The summed E-state index contributed by atoms with van der Waals surface area (Å²) in [6.45, 7) is 11.6. The highest BCUT2D eigenvalue weighted by Gasteiger charge is 2.25. The summed E-state index contributed by atoms with van der Waals surface area (Å²) in [5.41, 5.74) is 1.22. The molecule has 0 aliphatic heterocycles. The molecule has 0 aliphatic rings. The van der Waals surface area contributed by atoms with E-state index in [2.05, 4.69) is 26.1 Å². The molecule has 3 N–H and O–H groups in total. The summed E-state index contributed by atoms with van der Waals surface area (Å²) in [4.78, 5) is 13.1. The number of carbonyl (C=O) groups is 1. The Bertz CT molecular complexity index is 1410. The van der Waals surface area contributed by atoms with E-state index in [-0.39, 0.29) is 22.6 Å². The van der Waals surface area contributed by atoms with Crippen molar-refractivity contribution in [1.82, 2.24) is 0 Å². The normalized spacial score (nSPS) is 12.2. The Balaban J connectivity index is 2.06. The van der Waals surface area contributed by atoms with Gasteiger partial charge < -0.3 is 20.3 Å². The zero-order valence-corrected chi connectivity index (χ0v) is 20.5. The molecule has 176 valence electrons. The molecule has 4 aromatic rings. The third-order valence-electron chi connectivity index (χ3n) is 5.41. The highest BCUT2D eigenvalue weighted by molar-refractivity contribution is 6.15. The van der Waals surface area contributed by atoms with Crippen LogP contribution in [0.5, 0.6) is 11.5 Å². The fraction of sp³-hybridized carbons (Fsp3) is 0.276. The van der Waals surface area contributed by atoms with E-state index in [4.69, 9.17) is 4.74 Å². The number of anilines is 1. The van der Waals surface area contributed by atoms with Crippen LogP contribution in [-0.2, 0) is 4.74 Å². The number of fused-ring (bicyclic) bond motifs is 2. The van der Waals surface area contributed by atoms with Gasteiger partial charge in [0, 0.05) is 22.4 Å². The molecule has 0 atom stereocenters. The number of aromatic hydroxyl groups is 2. The molecule has 0 unspecified atom stereocenters. The van der Waals surface area contributed by atoms with Crippen LogP contribution in [0.4, 0.5) is 5.69 Å². The molecule has 34 heavy (non-hydrogen) atoms. The number of rotatable bonds is 3. The Hall–Kier alpha value is -3.73. The topological polar surface area (TPSA) is 78.8 Å². The molecule has 0 bridgehead atoms. The van der Waals surface area contributed by atoms with Crippen LogP contribution in [0.1, 0.15) is 51.9 Å². The third-order valence-corrected chi connectivity index (χ3v) is 5.41. The number of phenols is 2. The molecule has 4 rings (SSSR count). The van der Waals surface area contributed by atoms with E-state index in [1.807, 2.05) is 69.3 Å². The Morgan fingerprint density at radius 1 is 0.765 bits per heavy atom. The highest BCUT2D eigenvalue weighted by Crippen LogP contribution is 2.46. The lowest BCUT2D eigenvalue weighted by Crippen LogP contribution is -2.26. The summed E-state index contributed by atoms with van der Waals surface area (Å²) in [7, 11) is 0. The van der Waals surface area contributed by atoms with Gasteiger partial charge in [-0.25, -0.2) is 4.79 Å². The summed E-state index contributed by atoms with van der Waals surface area (Å²) >= 11 is 0. The maximum absolute atomic E-state index is 13.1. The molecule has 0 aromatic heterocycles. The summed E-state index contributed by atoms with van der Waals surface area (Å²) in [6, 6.07) is 18.3. The van der Waals surface area contributed by atoms with Gasteiger partial charge in [-0.1, -0.05) is 36.4 Å². The Kier molecular flexibility index (Phi) is 5.68. The van der Waals surface area contributed by atoms with E-state index in [0.717, 1.165) is 16.5 Å². The standard InChI is InChI=1S/C29H31NO4/c1-28(2,3)30-18-12-13-20-21(15-18)22(27(33)34-29(4,5)6)16-24(32)26(20)25-19-10-8-7-9-17(19)11-14-23(25)31/h7-16,30-32H,1-6H3. The Labute approximate surface area is 200 Å². The van der Waals surface area contributed by atoms with Crippen LogP contribution < -0.4 is 5.32 Å². The molecule has 0 heterocycles. The highest BCUT2D eigenvalue weighted by atomic mass is 16.6. The zero-order chi connectivity index (χ0) is 24.8. The largest absolute Gasteiger partial charge is 0.507 e. The molecule has 0 amide bonds. The average Bonchev–Trinajstić information content (AvgIpc) is 2.72. The van der Waals surface area contributed by atoms with Crippen LogP contribution in [0.25, 0.3) is 32.7 Å². The third kappa shape index (κ3) is 4.65. The second-order valence-corrected chi connectivity index (χ2v) is 10.6. The van der Waals surface area contributed by atoms with Gasteiger partial charge in [0.05, 0.1) is 5.56 Å². The first-order valence-electron chi connectivity index (χ1n) is 11.4. The predicted molar refractivity (Wildman–Crippen MR) is 139 cm³/mol. The van der Waals surface area contributed by atoms with Gasteiger partial charge in [-0.3, -0.25) is 0 Å². The lowest BCUT2D eigenvalue weighted by atomic mass is 9.90. The van der Waals surface area contributed by atoms with Gasteiger partial charge in [0.25, 0.3) is 0 Å². The van der Waals surface area contributed by atoms with Gasteiger partial charge in [-0.15, -0.1) is 0 Å². The van der Waals surface area contributed by atoms with Gasteiger partial charge in [0.2, 0.25) is 0 Å². The van der Waals surface area contributed by atoms with Crippen LogP contribution in [0.3, 0.4) is 0 Å². The predicted octanol–water partition coefficient (Wildman–Crippen LogP) is 7.24. The molecule has 0 radical (unpaired) electrons. The molecule has 0 saturated carbocycles. The quantitative estimate of drug-likeness (QED) is 0.283. The zero-order valence-electron chi connectivity index (χ0n) is 20.5. The molecule has 5 nitrogen and oxygen atoms in total. The molecule has 4 aromatic carbocycles. The molecule has 0 aliphatic carbocycles. The fourth-order valence-corrected chi connectivity index (χ4v) is 4.21. The number of carbonyl (C=O) groups excluding carboxylic acids is 1. The second kappa shape index (κ2) is 8.24. The SMILES string of the molecule is CC(C)(C)Nc1ccc2c(-c3c(O)ccc4ccccc34)c(O)cc(C(=O)OC(C)(C)C)c2c1. The van der Waals surface area contributed by atoms with Gasteiger partial charge in [0.1, 0.15) is 17.1 Å². The minimum atomic E-state index is -0.688. The molecule has 0 fully saturated rings. The molecular formula is C29H31NO4. The van der Waals surface area contributed by atoms with Crippen LogP contribution >= 0.6 is 0 Å². The van der Waals surface area contributed by atoms with Crippen molar-refractivity contribution < 1.29 is 19.7 Å². The van der Waals surface area contributed by atoms with E-state index in [1.54, 1.807) is 6.07 Å². The van der Waals surface area contributed by atoms with Crippen molar-refractivity contribution >= 4 is 33.2 Å². The number of phenolic OH excluding ortho intramolecular Hbond substituents is 2. The van der Waals surface area contributed by atoms with Gasteiger partial charge in [-0.05, 0) is 87.4 Å². The first-order chi connectivity index (χ1) is 15.8. The lowest BCUT2D eigenvalue weighted by molar-refractivity contribution is 0.00715. The molecule has 5 heteroatoms. The average molecular weight is 458 g/mol. The Morgan fingerprint density at radius 3 is 2.12 bits per heavy atom. The maximum Gasteiger partial charge on any atom is 0.339 e. The van der Waals surface area contributed by atoms with Crippen LogP contribution in [-0.4, -0.2) is 27.3 Å². The summed E-state index contributed by atoms with van der Waals surface area (Å²) in [5.74, 6) is -0.567. The summed E-state index contributed by atoms with van der Waals surface area (Å²) in [6.07, 6.45) is 0. The fourth-order valence-electron chi connectivity index (χ4n) is 4.21. The number of esters is 1. The maximum atomic E-state index is 13.1. The summed E-state index contributed by atoms with van der Waals surface area (Å²) in [5, 5.41) is 28.5. The van der Waals surface area contributed by atoms with Crippen molar-refractivity contribution in [1.29, 1.82) is 0 Å². The van der Waals surface area contributed by atoms with Gasteiger partial charge in [0.15, 0.2) is 0 Å².